The van der Waals surface area contributed by atoms with E-state index < -0.39 is 0 Å². The highest BCUT2D eigenvalue weighted by molar-refractivity contribution is 5.83. The van der Waals surface area contributed by atoms with E-state index >= 15 is 0 Å². The molecular formula is C22H27N3O2. The van der Waals surface area contributed by atoms with Gasteiger partial charge in [0.25, 0.3) is 5.91 Å². The molecule has 3 rings (SSSR count). The maximum Gasteiger partial charge on any atom is 0.254 e. The number of hydrogen-bond donors (Lipinski definition) is 1. The highest BCUT2D eigenvalue weighted by atomic mass is 16.5. The lowest BCUT2D eigenvalue weighted by molar-refractivity contribution is -0.122. The third-order valence-corrected chi connectivity index (χ3v) is 4.62. The van der Waals surface area contributed by atoms with E-state index in [-0.39, 0.29) is 5.91 Å². The molecule has 1 N–H and O–H groups in total. The van der Waals surface area contributed by atoms with Gasteiger partial charge in [-0.15, -0.1) is 0 Å². The highest BCUT2D eigenvalue weighted by Gasteiger charge is 2.13. The van der Waals surface area contributed by atoms with E-state index in [1.165, 1.54) is 24.8 Å². The lowest BCUT2D eigenvalue weighted by Gasteiger charge is -2.25. The minimum absolute atomic E-state index is 0.0637. The number of nitrogens with one attached hydrogen (secondary N) is 1. The number of rotatable bonds is 7. The zero-order valence-corrected chi connectivity index (χ0v) is 15.9. The van der Waals surface area contributed by atoms with Crippen LogP contribution in [-0.2, 0) is 11.4 Å². The van der Waals surface area contributed by atoms with Crippen molar-refractivity contribution in [2.45, 2.75) is 32.8 Å². The van der Waals surface area contributed by atoms with E-state index in [2.05, 4.69) is 46.6 Å². The first-order chi connectivity index (χ1) is 13.2. The molecule has 142 valence electrons. The van der Waals surface area contributed by atoms with E-state index in [1.54, 1.807) is 6.21 Å². The molecule has 1 amide bonds. The molecule has 0 bridgehead atoms. The van der Waals surface area contributed by atoms with Gasteiger partial charge in [-0.05, 0) is 68.2 Å². The summed E-state index contributed by atoms with van der Waals surface area (Å²) in [4.78, 5) is 14.1. The molecule has 2 aromatic carbocycles. The molecule has 1 fully saturated rings. The van der Waals surface area contributed by atoms with Gasteiger partial charge in [-0.3, -0.25) is 9.69 Å². The van der Waals surface area contributed by atoms with Crippen molar-refractivity contribution in [3.05, 3.63) is 65.2 Å². The van der Waals surface area contributed by atoms with Crippen LogP contribution < -0.4 is 10.2 Å². The van der Waals surface area contributed by atoms with Gasteiger partial charge in [0.15, 0.2) is 0 Å². The summed E-state index contributed by atoms with van der Waals surface area (Å²) < 4.78 is 5.79. The van der Waals surface area contributed by atoms with Crippen molar-refractivity contribution in [2.24, 2.45) is 5.10 Å². The maximum atomic E-state index is 11.9. The third-order valence-electron chi connectivity index (χ3n) is 4.62. The van der Waals surface area contributed by atoms with Crippen LogP contribution in [-0.4, -0.2) is 36.7 Å². The number of aryl methyl sites for hydroxylation is 1. The lowest BCUT2D eigenvalue weighted by atomic mass is 10.1. The Hall–Kier alpha value is -2.66. The first kappa shape index (κ1) is 19.1. The molecule has 1 aliphatic rings. The molecule has 0 radical (unpaired) electrons. The third kappa shape index (κ3) is 6.53. The average Bonchev–Trinajstić information content (AvgIpc) is 2.69. The van der Waals surface area contributed by atoms with Crippen molar-refractivity contribution >= 4 is 12.1 Å². The standard InChI is InChI=1S/C22H27N3O2/c1-18-5-7-20(8-6-18)17-27-21-11-9-19(10-12-21)15-23-24-22(26)16-25-13-3-2-4-14-25/h5-12,15H,2-4,13-14,16-17H2,1H3,(H,24,26)/b23-15-. The smallest absolute Gasteiger partial charge is 0.254 e. The molecule has 0 aromatic heterocycles. The molecule has 5 heteroatoms. The summed E-state index contributed by atoms with van der Waals surface area (Å²) in [5.41, 5.74) is 5.90. The highest BCUT2D eigenvalue weighted by Crippen LogP contribution is 2.14. The van der Waals surface area contributed by atoms with Crippen LogP contribution in [0.25, 0.3) is 0 Å². The van der Waals surface area contributed by atoms with Gasteiger partial charge in [-0.1, -0.05) is 36.2 Å². The van der Waals surface area contributed by atoms with Gasteiger partial charge in [0.05, 0.1) is 12.8 Å². The Kier molecular flexibility index (Phi) is 6.99. The molecular weight excluding hydrogens is 338 g/mol. The van der Waals surface area contributed by atoms with Crippen LogP contribution in [0.15, 0.2) is 53.6 Å². The fourth-order valence-corrected chi connectivity index (χ4v) is 3.04. The number of likely N-dealkylation sites (tertiary alicyclic amines) is 1. The van der Waals surface area contributed by atoms with E-state index in [1.807, 2.05) is 24.3 Å². The second kappa shape index (κ2) is 9.88. The fraction of sp³-hybridized carbons (Fsp3) is 0.364. The molecule has 0 aliphatic carbocycles. The Labute approximate surface area is 161 Å². The second-order valence-electron chi connectivity index (χ2n) is 6.97. The zero-order chi connectivity index (χ0) is 18.9. The van der Waals surface area contributed by atoms with Crippen molar-refractivity contribution in [1.82, 2.24) is 10.3 Å². The van der Waals surface area contributed by atoms with Crippen LogP contribution in [0.1, 0.15) is 36.0 Å². The molecule has 0 atom stereocenters. The van der Waals surface area contributed by atoms with E-state index in [4.69, 9.17) is 4.74 Å². The molecule has 5 nitrogen and oxygen atoms in total. The molecule has 1 aliphatic heterocycles. The number of benzene rings is 2. The monoisotopic (exact) mass is 365 g/mol. The Balaban J connectivity index is 1.42. The first-order valence-electron chi connectivity index (χ1n) is 9.52. The number of carbonyl (C=O) groups is 1. The number of ether oxygens (including phenoxy) is 1. The molecule has 2 aromatic rings. The zero-order valence-electron chi connectivity index (χ0n) is 15.9. The van der Waals surface area contributed by atoms with Crippen molar-refractivity contribution in [3.8, 4) is 5.75 Å². The average molecular weight is 365 g/mol. The van der Waals surface area contributed by atoms with Gasteiger partial charge < -0.3 is 4.74 Å². The van der Waals surface area contributed by atoms with E-state index in [9.17, 15) is 4.79 Å². The second-order valence-corrected chi connectivity index (χ2v) is 6.97. The molecule has 27 heavy (non-hydrogen) atoms. The van der Waals surface area contributed by atoms with Crippen molar-refractivity contribution in [1.29, 1.82) is 0 Å². The van der Waals surface area contributed by atoms with Gasteiger partial charge >= 0.3 is 0 Å². The van der Waals surface area contributed by atoms with Crippen LogP contribution >= 0.6 is 0 Å². The summed E-state index contributed by atoms with van der Waals surface area (Å²) in [7, 11) is 0. The molecule has 0 unspecified atom stereocenters. The van der Waals surface area contributed by atoms with Gasteiger partial charge in [-0.25, -0.2) is 5.43 Å². The van der Waals surface area contributed by atoms with Crippen molar-refractivity contribution in [3.63, 3.8) is 0 Å². The first-order valence-corrected chi connectivity index (χ1v) is 9.52. The number of hydrazone groups is 1. The molecule has 1 saturated heterocycles. The Morgan fingerprint density at radius 2 is 1.78 bits per heavy atom. The SMILES string of the molecule is Cc1ccc(COc2ccc(/C=N\NC(=O)CN3CCCCC3)cc2)cc1. The van der Waals surface area contributed by atoms with Crippen LogP contribution in [0.4, 0.5) is 0 Å². The van der Waals surface area contributed by atoms with Crippen molar-refractivity contribution < 1.29 is 9.53 Å². The van der Waals surface area contributed by atoms with Crippen LogP contribution in [0.3, 0.4) is 0 Å². The van der Waals surface area contributed by atoms with Crippen LogP contribution in [0.2, 0.25) is 0 Å². The minimum atomic E-state index is -0.0637. The summed E-state index contributed by atoms with van der Waals surface area (Å²) in [6.07, 6.45) is 5.27. The normalized spacial score (nSPS) is 15.0. The van der Waals surface area contributed by atoms with Gasteiger partial charge in [-0.2, -0.15) is 5.10 Å². The molecule has 0 spiro atoms. The van der Waals surface area contributed by atoms with Crippen LogP contribution in [0.5, 0.6) is 5.75 Å². The quantitative estimate of drug-likeness (QED) is 0.603. The maximum absolute atomic E-state index is 11.9. The number of piperidine rings is 1. The van der Waals surface area contributed by atoms with E-state index in [0.717, 1.165) is 30.0 Å². The summed E-state index contributed by atoms with van der Waals surface area (Å²) >= 11 is 0. The van der Waals surface area contributed by atoms with Gasteiger partial charge in [0.2, 0.25) is 0 Å². The Morgan fingerprint density at radius 1 is 1.07 bits per heavy atom. The van der Waals surface area contributed by atoms with E-state index in [0.29, 0.717) is 13.2 Å². The minimum Gasteiger partial charge on any atom is -0.489 e. The predicted octanol–water partition coefficient (Wildman–Crippen LogP) is 3.51. The largest absolute Gasteiger partial charge is 0.489 e. The number of carbonyl (C=O) groups excluding carboxylic acids is 1. The number of hydrogen-bond acceptors (Lipinski definition) is 4. The van der Waals surface area contributed by atoms with Crippen LogP contribution in [0, 0.1) is 6.92 Å². The number of amides is 1. The summed E-state index contributed by atoms with van der Waals surface area (Å²) in [5, 5.41) is 4.05. The summed E-state index contributed by atoms with van der Waals surface area (Å²) in [5.74, 6) is 0.744. The summed E-state index contributed by atoms with van der Waals surface area (Å²) in [6.45, 7) is 5.03. The van der Waals surface area contributed by atoms with Gasteiger partial charge in [0, 0.05) is 0 Å². The number of nitrogens with zero attached hydrogens (tertiary/aromatic N) is 2. The Bertz CT molecular complexity index is 748. The fourth-order valence-electron chi connectivity index (χ4n) is 3.04. The Morgan fingerprint density at radius 3 is 2.48 bits per heavy atom. The molecule has 0 saturated carbocycles. The van der Waals surface area contributed by atoms with Gasteiger partial charge in [0.1, 0.15) is 12.4 Å². The molecule has 1 heterocycles. The lowest BCUT2D eigenvalue weighted by Crippen LogP contribution is -2.38. The van der Waals surface area contributed by atoms with Crippen molar-refractivity contribution in [2.75, 3.05) is 19.6 Å². The summed E-state index contributed by atoms with van der Waals surface area (Å²) in [6, 6.07) is 16.0. The topological polar surface area (TPSA) is 53.9 Å². The predicted molar refractivity (Wildman–Crippen MR) is 108 cm³/mol.